The van der Waals surface area contributed by atoms with Crippen LogP contribution >= 0.6 is 0 Å². The third kappa shape index (κ3) is 5.81. The zero-order valence-electron chi connectivity index (χ0n) is 17.4. The molecule has 0 unspecified atom stereocenters. The number of carbonyl (C=O) groups excluding carboxylic acids is 3. The summed E-state index contributed by atoms with van der Waals surface area (Å²) < 4.78 is 16.1. The van der Waals surface area contributed by atoms with Crippen LogP contribution in [0.3, 0.4) is 0 Å². The first-order valence-corrected chi connectivity index (χ1v) is 9.70. The molecule has 2 aromatic carbocycles. The molecule has 0 saturated heterocycles. The number of amides is 2. The highest BCUT2D eigenvalue weighted by molar-refractivity contribution is 6.05. The van der Waals surface area contributed by atoms with Crippen LogP contribution < -0.4 is 15.8 Å². The highest BCUT2D eigenvalue weighted by Gasteiger charge is 2.16. The van der Waals surface area contributed by atoms with Crippen molar-refractivity contribution in [2.75, 3.05) is 13.7 Å². The van der Waals surface area contributed by atoms with Crippen LogP contribution in [0.2, 0.25) is 0 Å². The maximum absolute atomic E-state index is 12.0. The standard InChI is InChI=1S/C21H19N3O9/c1-31-15-7-4-13(5-8-15)20(27)22-18(25)12-32-19(26)3-2-10-23-16-9-6-14(24(29)30)11-17(16)33-21(23)28/h4-9,11H,2-3,10,12H2,1H3,(H,22,25,27). The van der Waals surface area contributed by atoms with Gasteiger partial charge in [0.2, 0.25) is 0 Å². The van der Waals surface area contributed by atoms with Gasteiger partial charge >= 0.3 is 11.7 Å². The Morgan fingerprint density at radius 3 is 2.55 bits per heavy atom. The molecule has 0 saturated carbocycles. The number of hydrogen-bond acceptors (Lipinski definition) is 9. The van der Waals surface area contributed by atoms with Crippen molar-refractivity contribution in [1.29, 1.82) is 0 Å². The van der Waals surface area contributed by atoms with Gasteiger partial charge in [0.15, 0.2) is 12.2 Å². The van der Waals surface area contributed by atoms with Gasteiger partial charge in [0.25, 0.3) is 17.5 Å². The van der Waals surface area contributed by atoms with Crippen molar-refractivity contribution in [2.45, 2.75) is 19.4 Å². The molecular formula is C21H19N3O9. The van der Waals surface area contributed by atoms with Crippen LogP contribution in [0.15, 0.2) is 51.7 Å². The molecule has 3 rings (SSSR count). The molecule has 0 aliphatic carbocycles. The lowest BCUT2D eigenvalue weighted by Crippen LogP contribution is -2.34. The Hall–Kier alpha value is -4.48. The monoisotopic (exact) mass is 457 g/mol. The highest BCUT2D eigenvalue weighted by Crippen LogP contribution is 2.20. The van der Waals surface area contributed by atoms with Gasteiger partial charge in [-0.05, 0) is 36.8 Å². The molecular weight excluding hydrogens is 438 g/mol. The normalized spacial score (nSPS) is 10.6. The lowest BCUT2D eigenvalue weighted by molar-refractivity contribution is -0.384. The van der Waals surface area contributed by atoms with E-state index >= 15 is 0 Å². The van der Waals surface area contributed by atoms with Gasteiger partial charge in [-0.3, -0.25) is 34.4 Å². The van der Waals surface area contributed by atoms with Crippen molar-refractivity contribution < 1.29 is 33.2 Å². The number of aromatic nitrogens is 1. The maximum Gasteiger partial charge on any atom is 0.419 e. The number of nitrogens with one attached hydrogen (secondary N) is 1. The smallest absolute Gasteiger partial charge is 0.419 e. The number of nitro benzene ring substituents is 1. The molecule has 0 aliphatic rings. The van der Waals surface area contributed by atoms with E-state index in [0.717, 1.165) is 6.07 Å². The first kappa shape index (κ1) is 23.2. The van der Waals surface area contributed by atoms with Crippen LogP contribution in [-0.2, 0) is 20.9 Å². The lowest BCUT2D eigenvalue weighted by Gasteiger charge is -2.07. The summed E-state index contributed by atoms with van der Waals surface area (Å²) in [5.74, 6) is -2.29. The molecule has 12 nitrogen and oxygen atoms in total. The third-order valence-electron chi connectivity index (χ3n) is 4.59. The van der Waals surface area contributed by atoms with E-state index in [4.69, 9.17) is 13.9 Å². The van der Waals surface area contributed by atoms with Crippen molar-refractivity contribution in [2.24, 2.45) is 0 Å². The van der Waals surface area contributed by atoms with E-state index in [9.17, 15) is 29.3 Å². The molecule has 1 heterocycles. The van der Waals surface area contributed by atoms with Gasteiger partial charge in [-0.2, -0.15) is 0 Å². The van der Waals surface area contributed by atoms with Crippen molar-refractivity contribution in [3.8, 4) is 5.75 Å². The summed E-state index contributed by atoms with van der Waals surface area (Å²) in [4.78, 5) is 57.9. The second-order valence-electron chi connectivity index (χ2n) is 6.80. The second-order valence-corrected chi connectivity index (χ2v) is 6.80. The van der Waals surface area contributed by atoms with Gasteiger partial charge < -0.3 is 13.9 Å². The minimum absolute atomic E-state index is 0.0648. The van der Waals surface area contributed by atoms with E-state index in [-0.39, 0.29) is 36.2 Å². The fourth-order valence-corrected chi connectivity index (χ4v) is 2.96. The summed E-state index contributed by atoms with van der Waals surface area (Å²) in [6.45, 7) is -0.542. The third-order valence-corrected chi connectivity index (χ3v) is 4.59. The van der Waals surface area contributed by atoms with E-state index in [2.05, 4.69) is 5.32 Å². The summed E-state index contributed by atoms with van der Waals surface area (Å²) in [7, 11) is 1.48. The van der Waals surface area contributed by atoms with Gasteiger partial charge in [0, 0.05) is 24.6 Å². The number of carbonyl (C=O) groups is 3. The molecule has 0 radical (unpaired) electrons. The number of ether oxygens (including phenoxy) is 2. The number of non-ortho nitro benzene ring substituents is 1. The van der Waals surface area contributed by atoms with E-state index in [1.165, 1.54) is 35.9 Å². The molecule has 0 spiro atoms. The number of nitro groups is 1. The predicted octanol–water partition coefficient (Wildman–Crippen LogP) is 1.79. The quantitative estimate of drug-likeness (QED) is 0.287. The van der Waals surface area contributed by atoms with Gasteiger partial charge in [-0.15, -0.1) is 0 Å². The first-order valence-electron chi connectivity index (χ1n) is 9.70. The van der Waals surface area contributed by atoms with Gasteiger partial charge in [0.05, 0.1) is 23.6 Å². The van der Waals surface area contributed by atoms with E-state index in [0.29, 0.717) is 11.3 Å². The number of methoxy groups -OCH3 is 1. The zero-order chi connectivity index (χ0) is 24.0. The Balaban J connectivity index is 1.45. The van der Waals surface area contributed by atoms with Crippen LogP contribution in [0.25, 0.3) is 11.1 Å². The summed E-state index contributed by atoms with van der Waals surface area (Å²) in [5, 5.41) is 12.9. The summed E-state index contributed by atoms with van der Waals surface area (Å²) >= 11 is 0. The Morgan fingerprint density at radius 1 is 1.15 bits per heavy atom. The summed E-state index contributed by atoms with van der Waals surface area (Å²) in [6.07, 6.45) is 0.0859. The molecule has 0 aliphatic heterocycles. The highest BCUT2D eigenvalue weighted by atomic mass is 16.6. The lowest BCUT2D eigenvalue weighted by atomic mass is 10.2. The minimum Gasteiger partial charge on any atom is -0.497 e. The van der Waals surface area contributed by atoms with Crippen LogP contribution in [0.5, 0.6) is 5.75 Å². The number of imide groups is 1. The van der Waals surface area contributed by atoms with Crippen molar-refractivity contribution >= 4 is 34.6 Å². The van der Waals surface area contributed by atoms with Crippen LogP contribution in [0, 0.1) is 10.1 Å². The largest absolute Gasteiger partial charge is 0.497 e. The second kappa shape index (κ2) is 10.2. The predicted molar refractivity (Wildman–Crippen MR) is 113 cm³/mol. The molecule has 0 fully saturated rings. The fourth-order valence-electron chi connectivity index (χ4n) is 2.96. The average molecular weight is 457 g/mol. The van der Waals surface area contributed by atoms with E-state index < -0.39 is 35.1 Å². The number of esters is 1. The molecule has 1 N–H and O–H groups in total. The number of oxazole rings is 1. The van der Waals surface area contributed by atoms with Crippen molar-refractivity contribution in [3.63, 3.8) is 0 Å². The number of nitrogens with zero attached hydrogens (tertiary/aromatic N) is 2. The van der Waals surface area contributed by atoms with Gasteiger partial charge in [0.1, 0.15) is 5.75 Å². The zero-order valence-corrected chi connectivity index (χ0v) is 17.4. The number of hydrogen-bond donors (Lipinski definition) is 1. The summed E-state index contributed by atoms with van der Waals surface area (Å²) in [6, 6.07) is 9.87. The summed E-state index contributed by atoms with van der Waals surface area (Å²) in [5.41, 5.74) is 0.444. The molecule has 33 heavy (non-hydrogen) atoms. The fraction of sp³-hybridized carbons (Fsp3) is 0.238. The average Bonchev–Trinajstić information content (AvgIpc) is 3.12. The van der Waals surface area contributed by atoms with Gasteiger partial charge in [-0.25, -0.2) is 4.79 Å². The Morgan fingerprint density at radius 2 is 1.88 bits per heavy atom. The Bertz CT molecular complexity index is 1260. The van der Waals surface area contributed by atoms with Crippen LogP contribution in [-0.4, -0.2) is 41.0 Å². The maximum atomic E-state index is 12.0. The SMILES string of the molecule is COc1ccc(C(=O)NC(=O)COC(=O)CCCn2c(=O)oc3cc([N+](=O)[O-])ccc32)cc1. The number of fused-ring (bicyclic) bond motifs is 1. The number of rotatable bonds is 9. The molecule has 0 atom stereocenters. The molecule has 0 bridgehead atoms. The number of benzene rings is 2. The molecule has 172 valence electrons. The van der Waals surface area contributed by atoms with Gasteiger partial charge in [-0.1, -0.05) is 0 Å². The van der Waals surface area contributed by atoms with E-state index in [1.807, 2.05) is 0 Å². The topological polar surface area (TPSA) is 160 Å². The Kier molecular flexibility index (Phi) is 7.18. The molecule has 3 aromatic rings. The van der Waals surface area contributed by atoms with Crippen LogP contribution in [0.4, 0.5) is 5.69 Å². The van der Waals surface area contributed by atoms with Crippen LogP contribution in [0.1, 0.15) is 23.2 Å². The molecule has 1 aromatic heterocycles. The molecule has 12 heteroatoms. The van der Waals surface area contributed by atoms with Crippen molar-refractivity contribution in [1.82, 2.24) is 9.88 Å². The first-order chi connectivity index (χ1) is 15.8. The minimum atomic E-state index is -0.789. The van der Waals surface area contributed by atoms with Crippen molar-refractivity contribution in [3.05, 3.63) is 68.7 Å². The number of aryl methyl sites for hydroxylation is 1. The van der Waals surface area contributed by atoms with E-state index in [1.54, 1.807) is 12.1 Å². The Labute approximate surface area is 185 Å². The molecule has 2 amide bonds.